The molecule has 1 aliphatic heterocycles. The summed E-state index contributed by atoms with van der Waals surface area (Å²) in [6, 6.07) is 1.72. The Morgan fingerprint density at radius 2 is 0.932 bits per heavy atom. The summed E-state index contributed by atoms with van der Waals surface area (Å²) in [5, 5.41) is 0. The number of unbranched alkanes of at least 4 members (excludes halogenated alkanes) is 4. The van der Waals surface area contributed by atoms with Gasteiger partial charge in [-0.05, 0) is 74.9 Å². The number of halogens is 12. The predicted octanol–water partition coefficient (Wildman–Crippen LogP) is 8.67. The van der Waals surface area contributed by atoms with Crippen molar-refractivity contribution in [1.29, 1.82) is 0 Å². The van der Waals surface area contributed by atoms with E-state index in [1.807, 2.05) is 0 Å². The third-order valence-electron chi connectivity index (χ3n) is 8.33. The van der Waals surface area contributed by atoms with Crippen LogP contribution < -0.4 is 9.47 Å². The largest absolute Gasteiger partial charge is 0.494 e. The van der Waals surface area contributed by atoms with Gasteiger partial charge in [-0.15, -0.1) is 0 Å². The molecule has 0 amide bonds. The molecule has 2 aromatic carbocycles. The number of nitrogens with zero attached hydrogens (tertiary/aromatic N) is 1. The quantitative estimate of drug-likeness (QED) is 0.0524. The molecule has 59 heavy (non-hydrogen) atoms. The van der Waals surface area contributed by atoms with Gasteiger partial charge in [-0.25, -0.2) is 0 Å². The average molecular weight is 872 g/mol. The third kappa shape index (κ3) is 18.6. The zero-order chi connectivity index (χ0) is 43.9. The van der Waals surface area contributed by atoms with Crippen LogP contribution in [0.3, 0.4) is 0 Å². The fourth-order valence-electron chi connectivity index (χ4n) is 5.29. The van der Waals surface area contributed by atoms with Crippen molar-refractivity contribution in [2.75, 3.05) is 59.3 Å². The number of rotatable bonds is 21. The van der Waals surface area contributed by atoms with E-state index in [1.54, 1.807) is 4.90 Å². The Balaban J connectivity index is 1.43. The number of carbonyl (C=O) groups excluding carboxylic acids is 3. The monoisotopic (exact) mass is 871 g/mol. The van der Waals surface area contributed by atoms with Gasteiger partial charge in [0.1, 0.15) is 24.7 Å². The highest BCUT2D eigenvalue weighted by Gasteiger charge is 2.38. The zero-order valence-electron chi connectivity index (χ0n) is 31.2. The molecule has 1 fully saturated rings. The number of carbonyl (C=O) groups is 3. The molecule has 332 valence electrons. The van der Waals surface area contributed by atoms with Crippen molar-refractivity contribution < 1.29 is 95.5 Å². The number of hydrogen-bond donors (Lipinski definition) is 0. The van der Waals surface area contributed by atoms with Crippen molar-refractivity contribution >= 4 is 17.9 Å². The van der Waals surface area contributed by atoms with Crippen LogP contribution in [0.15, 0.2) is 36.4 Å². The summed E-state index contributed by atoms with van der Waals surface area (Å²) in [7, 11) is 0. The van der Waals surface area contributed by atoms with E-state index in [4.69, 9.17) is 28.4 Å². The number of alkyl halides is 12. The van der Waals surface area contributed by atoms with E-state index >= 15 is 0 Å². The van der Waals surface area contributed by atoms with Gasteiger partial charge in [0.05, 0.1) is 55.2 Å². The molecular formula is C37H41F12NO9. The maximum absolute atomic E-state index is 13.1. The van der Waals surface area contributed by atoms with E-state index in [1.165, 1.54) is 0 Å². The maximum atomic E-state index is 13.1. The average Bonchev–Trinajstić information content (AvgIpc) is 3.14. The Bertz CT molecular complexity index is 1590. The standard InChI is InChI=1S/C37H41F12NO9/c38-34(39,40)24-15-25(35(41,42)43)18-28(17-24)55-11-5-1-3-7-31(51)57-22-30(23-58-33(53)21-50-9-13-54-14-10-50)59-32(52)8-4-2-6-12-56-29-19-26(36(44,45)46)16-27(20-29)37(47,48)49/h15-20,30H,1-14,21-23H2. The molecule has 0 bridgehead atoms. The topological polar surface area (TPSA) is 110 Å². The van der Waals surface area contributed by atoms with E-state index in [0.717, 1.165) is 0 Å². The highest BCUT2D eigenvalue weighted by atomic mass is 19.4. The summed E-state index contributed by atoms with van der Waals surface area (Å²) >= 11 is 0. The molecule has 0 aromatic heterocycles. The van der Waals surface area contributed by atoms with Crippen molar-refractivity contribution in [2.45, 2.75) is 82.2 Å². The second kappa shape index (κ2) is 22.2. The lowest BCUT2D eigenvalue weighted by atomic mass is 10.1. The van der Waals surface area contributed by atoms with Crippen molar-refractivity contribution in [3.8, 4) is 11.5 Å². The minimum absolute atomic E-state index is 0.0277. The van der Waals surface area contributed by atoms with Crippen LogP contribution in [0.4, 0.5) is 52.7 Å². The highest BCUT2D eigenvalue weighted by Crippen LogP contribution is 2.39. The van der Waals surface area contributed by atoms with E-state index < -0.39 is 95.7 Å². The van der Waals surface area contributed by atoms with Gasteiger partial charge in [-0.1, -0.05) is 0 Å². The first-order valence-electron chi connectivity index (χ1n) is 18.2. The molecule has 1 aliphatic rings. The molecule has 1 atom stereocenters. The summed E-state index contributed by atoms with van der Waals surface area (Å²) in [4.78, 5) is 39.2. The fraction of sp³-hybridized carbons (Fsp3) is 0.595. The molecule has 0 radical (unpaired) electrons. The lowest BCUT2D eigenvalue weighted by Crippen LogP contribution is -2.41. The van der Waals surface area contributed by atoms with Crippen LogP contribution in [0.25, 0.3) is 0 Å². The number of ether oxygens (including phenoxy) is 6. The van der Waals surface area contributed by atoms with Crippen LogP contribution in [-0.2, 0) is 58.0 Å². The zero-order valence-corrected chi connectivity index (χ0v) is 31.2. The van der Waals surface area contributed by atoms with Gasteiger partial charge in [0.25, 0.3) is 0 Å². The summed E-state index contributed by atoms with van der Waals surface area (Å²) in [6.07, 6.45) is -20.7. The lowest BCUT2D eigenvalue weighted by molar-refractivity contribution is -0.167. The molecule has 1 saturated heterocycles. The highest BCUT2D eigenvalue weighted by molar-refractivity contribution is 5.72. The van der Waals surface area contributed by atoms with E-state index in [0.29, 0.717) is 50.6 Å². The van der Waals surface area contributed by atoms with Crippen LogP contribution in [0, 0.1) is 0 Å². The minimum atomic E-state index is -5.05. The summed E-state index contributed by atoms with van der Waals surface area (Å²) in [5.74, 6) is -3.49. The SMILES string of the molecule is O=C(CCCCCOc1cc(C(F)(F)F)cc(C(F)(F)F)c1)OCC(COC(=O)CN1CCOCC1)OC(=O)CCCCCOc1cc(C(F)(F)F)cc(C(F)(F)F)c1. The van der Waals surface area contributed by atoms with Crippen molar-refractivity contribution in [1.82, 2.24) is 4.90 Å². The van der Waals surface area contributed by atoms with E-state index in [-0.39, 0.29) is 83.3 Å². The second-order valence-corrected chi connectivity index (χ2v) is 13.2. The third-order valence-corrected chi connectivity index (χ3v) is 8.33. The van der Waals surface area contributed by atoms with E-state index in [9.17, 15) is 67.1 Å². The molecule has 0 aliphatic carbocycles. The second-order valence-electron chi connectivity index (χ2n) is 13.2. The normalized spacial score (nSPS) is 14.7. The first-order valence-corrected chi connectivity index (χ1v) is 18.2. The summed E-state index contributed by atoms with van der Waals surface area (Å²) in [5.41, 5.74) is -6.13. The van der Waals surface area contributed by atoms with Crippen molar-refractivity contribution in [3.63, 3.8) is 0 Å². The number of hydrogen-bond acceptors (Lipinski definition) is 10. The molecule has 1 unspecified atom stereocenters. The molecule has 0 saturated carbocycles. The van der Waals surface area contributed by atoms with Gasteiger partial charge in [0, 0.05) is 25.9 Å². The van der Waals surface area contributed by atoms with Gasteiger partial charge in [-0.3, -0.25) is 19.3 Å². The molecule has 3 rings (SSSR count). The summed E-state index contributed by atoms with van der Waals surface area (Å²) < 4.78 is 188. The first-order chi connectivity index (χ1) is 27.5. The van der Waals surface area contributed by atoms with Gasteiger partial charge in [-0.2, -0.15) is 52.7 Å². The first kappa shape index (κ1) is 48.9. The number of benzene rings is 2. The minimum Gasteiger partial charge on any atom is -0.494 e. The van der Waals surface area contributed by atoms with Crippen molar-refractivity contribution in [3.05, 3.63) is 58.7 Å². The Morgan fingerprint density at radius 1 is 0.542 bits per heavy atom. The van der Waals surface area contributed by atoms with Crippen LogP contribution >= 0.6 is 0 Å². The number of esters is 3. The molecule has 0 N–H and O–H groups in total. The predicted molar refractivity (Wildman–Crippen MR) is 180 cm³/mol. The smallest absolute Gasteiger partial charge is 0.416 e. The molecule has 0 spiro atoms. The lowest BCUT2D eigenvalue weighted by Gasteiger charge is -2.25. The van der Waals surface area contributed by atoms with Crippen LogP contribution in [0.1, 0.15) is 73.6 Å². The Hall–Kier alpha value is -4.47. The Morgan fingerprint density at radius 3 is 1.34 bits per heavy atom. The molecular weight excluding hydrogens is 830 g/mol. The van der Waals surface area contributed by atoms with Gasteiger partial charge >= 0.3 is 42.6 Å². The van der Waals surface area contributed by atoms with Crippen LogP contribution in [0.2, 0.25) is 0 Å². The van der Waals surface area contributed by atoms with Crippen LogP contribution in [-0.4, -0.2) is 88.2 Å². The van der Waals surface area contributed by atoms with Gasteiger partial charge in [0.2, 0.25) is 0 Å². The summed E-state index contributed by atoms with van der Waals surface area (Å²) in [6.45, 7) is 0.129. The van der Waals surface area contributed by atoms with Crippen molar-refractivity contribution in [2.24, 2.45) is 0 Å². The molecule has 22 heteroatoms. The molecule has 2 aromatic rings. The molecule has 10 nitrogen and oxygen atoms in total. The fourth-order valence-corrected chi connectivity index (χ4v) is 5.29. The number of morpholine rings is 1. The molecule has 1 heterocycles. The Kier molecular flexibility index (Phi) is 18.4. The van der Waals surface area contributed by atoms with Gasteiger partial charge < -0.3 is 28.4 Å². The Labute approximate surface area is 330 Å². The maximum Gasteiger partial charge on any atom is 0.416 e. The van der Waals surface area contributed by atoms with E-state index in [2.05, 4.69) is 0 Å². The van der Waals surface area contributed by atoms with Crippen LogP contribution in [0.5, 0.6) is 11.5 Å². The van der Waals surface area contributed by atoms with Gasteiger partial charge in [0.15, 0.2) is 6.10 Å².